The zero-order valence-corrected chi connectivity index (χ0v) is 12.7. The van der Waals surface area contributed by atoms with Crippen molar-refractivity contribution in [2.24, 2.45) is 5.10 Å². The van der Waals surface area contributed by atoms with E-state index < -0.39 is 0 Å². The molecule has 0 atom stereocenters. The molecule has 4 rings (SSSR count). The summed E-state index contributed by atoms with van der Waals surface area (Å²) in [5.41, 5.74) is 6.62. The Morgan fingerprint density at radius 1 is 1.14 bits per heavy atom. The van der Waals surface area contributed by atoms with Gasteiger partial charge in [0.15, 0.2) is 0 Å². The Bertz CT molecular complexity index is 984. The van der Waals surface area contributed by atoms with Crippen LogP contribution in [0, 0.1) is 6.92 Å². The van der Waals surface area contributed by atoms with Crippen molar-refractivity contribution >= 4 is 44.6 Å². The largest absolute Gasteiger partial charge is 0.455 e. The molecule has 0 aliphatic rings. The molecule has 2 aromatic heterocycles. The minimum absolute atomic E-state index is 0.783. The molecule has 0 spiro atoms. The Balaban J connectivity index is 1.72. The second-order valence-corrected chi connectivity index (χ2v) is 5.84. The highest BCUT2D eigenvalue weighted by atomic mass is 32.1. The van der Waals surface area contributed by atoms with Crippen molar-refractivity contribution in [1.82, 2.24) is 4.98 Å². The van der Waals surface area contributed by atoms with Gasteiger partial charge in [-0.2, -0.15) is 5.10 Å². The van der Waals surface area contributed by atoms with Gasteiger partial charge in [-0.05, 0) is 19.1 Å². The summed E-state index contributed by atoms with van der Waals surface area (Å²) in [5.74, 6) is 0. The first-order valence-electron chi connectivity index (χ1n) is 6.93. The number of rotatable bonds is 3. The minimum atomic E-state index is 0.783. The van der Waals surface area contributed by atoms with Crippen LogP contribution < -0.4 is 5.43 Å². The summed E-state index contributed by atoms with van der Waals surface area (Å²) in [5, 5.41) is 9.25. The lowest BCUT2D eigenvalue weighted by Gasteiger charge is -1.96. The molecule has 0 fully saturated rings. The molecule has 4 aromatic rings. The first kappa shape index (κ1) is 13.0. The maximum Gasteiger partial charge on any atom is 0.203 e. The topological polar surface area (TPSA) is 50.4 Å². The number of nitrogens with one attached hydrogen (secondary N) is 1. The summed E-state index contributed by atoms with van der Waals surface area (Å²) in [6, 6.07) is 14.1. The number of hydrazone groups is 1. The normalized spacial score (nSPS) is 11.7. The Kier molecular flexibility index (Phi) is 3.12. The fourth-order valence-electron chi connectivity index (χ4n) is 2.43. The van der Waals surface area contributed by atoms with Gasteiger partial charge >= 0.3 is 0 Å². The maximum absolute atomic E-state index is 5.96. The van der Waals surface area contributed by atoms with E-state index in [4.69, 9.17) is 4.42 Å². The van der Waals surface area contributed by atoms with Crippen molar-refractivity contribution in [3.05, 3.63) is 59.1 Å². The molecule has 0 saturated carbocycles. The number of furan rings is 1. The van der Waals surface area contributed by atoms with Gasteiger partial charge in [0.25, 0.3) is 0 Å². The first-order valence-corrected chi connectivity index (χ1v) is 7.81. The Hall–Kier alpha value is -2.66. The van der Waals surface area contributed by atoms with Crippen LogP contribution >= 0.6 is 11.3 Å². The fraction of sp³-hybridized carbons (Fsp3) is 0.0588. The number of hydrogen-bond acceptors (Lipinski definition) is 5. The average Bonchev–Trinajstić information content (AvgIpc) is 3.11. The van der Waals surface area contributed by atoms with E-state index in [0.29, 0.717) is 0 Å². The number of thiazole rings is 1. The van der Waals surface area contributed by atoms with Crippen molar-refractivity contribution in [3.8, 4) is 0 Å². The van der Waals surface area contributed by atoms with Crippen molar-refractivity contribution in [2.45, 2.75) is 6.92 Å². The maximum atomic E-state index is 5.96. The molecule has 1 N–H and O–H groups in total. The smallest absolute Gasteiger partial charge is 0.203 e. The van der Waals surface area contributed by atoms with Crippen LogP contribution in [0.4, 0.5) is 5.13 Å². The zero-order valence-electron chi connectivity index (χ0n) is 11.9. The lowest BCUT2D eigenvalue weighted by atomic mass is 10.1. The van der Waals surface area contributed by atoms with E-state index in [9.17, 15) is 0 Å². The van der Waals surface area contributed by atoms with Gasteiger partial charge in [0.2, 0.25) is 5.13 Å². The lowest BCUT2D eigenvalue weighted by molar-refractivity contribution is 0.668. The molecular formula is C17H13N3OS. The van der Waals surface area contributed by atoms with Crippen LogP contribution in [0.15, 0.2) is 57.4 Å². The summed E-state index contributed by atoms with van der Waals surface area (Å²) in [4.78, 5) is 4.31. The second kappa shape index (κ2) is 5.27. The van der Waals surface area contributed by atoms with Crippen LogP contribution in [0.3, 0.4) is 0 Å². The number of para-hydroxylation sites is 2. The van der Waals surface area contributed by atoms with E-state index in [1.807, 2.05) is 42.6 Å². The summed E-state index contributed by atoms with van der Waals surface area (Å²) >= 11 is 1.53. The summed E-state index contributed by atoms with van der Waals surface area (Å²) in [6.07, 6.45) is 1.77. The first-order chi connectivity index (χ1) is 10.8. The number of benzene rings is 2. The van der Waals surface area contributed by atoms with E-state index in [1.54, 1.807) is 6.21 Å². The van der Waals surface area contributed by atoms with Crippen molar-refractivity contribution in [1.29, 1.82) is 0 Å². The van der Waals surface area contributed by atoms with Crippen LogP contribution in [-0.4, -0.2) is 11.2 Å². The predicted molar refractivity (Wildman–Crippen MR) is 91.8 cm³/mol. The van der Waals surface area contributed by atoms with Crippen LogP contribution in [-0.2, 0) is 0 Å². The molecule has 0 bridgehead atoms. The second-order valence-electron chi connectivity index (χ2n) is 4.99. The fourth-order valence-corrected chi connectivity index (χ4v) is 3.07. The molecule has 22 heavy (non-hydrogen) atoms. The van der Waals surface area contributed by atoms with Gasteiger partial charge in [0.05, 0.1) is 11.9 Å². The lowest BCUT2D eigenvalue weighted by Crippen LogP contribution is -1.90. The third kappa shape index (κ3) is 2.25. The molecule has 0 unspecified atom stereocenters. The number of fused-ring (bicyclic) bond motifs is 3. The minimum Gasteiger partial charge on any atom is -0.455 e. The molecule has 0 aliphatic heterocycles. The van der Waals surface area contributed by atoms with Gasteiger partial charge in [-0.3, -0.25) is 5.43 Å². The van der Waals surface area contributed by atoms with Gasteiger partial charge in [-0.25, -0.2) is 4.98 Å². The van der Waals surface area contributed by atoms with E-state index in [1.165, 1.54) is 11.3 Å². The van der Waals surface area contributed by atoms with Gasteiger partial charge in [-0.1, -0.05) is 30.3 Å². The Morgan fingerprint density at radius 3 is 2.86 bits per heavy atom. The SMILES string of the molecule is Cc1csc(NN=Cc2cccc3c2oc2ccccc23)n1. The predicted octanol–water partition coefficient (Wildman–Crippen LogP) is 4.80. The third-order valence-electron chi connectivity index (χ3n) is 3.42. The highest BCUT2D eigenvalue weighted by molar-refractivity contribution is 7.13. The number of nitrogens with zero attached hydrogens (tertiary/aromatic N) is 2. The molecule has 108 valence electrons. The molecule has 0 saturated heterocycles. The molecule has 0 aliphatic carbocycles. The van der Waals surface area contributed by atoms with Crippen LogP contribution in [0.25, 0.3) is 21.9 Å². The molecular weight excluding hydrogens is 294 g/mol. The van der Waals surface area contributed by atoms with E-state index in [2.05, 4.69) is 27.6 Å². The highest BCUT2D eigenvalue weighted by Crippen LogP contribution is 2.30. The molecule has 4 nitrogen and oxygen atoms in total. The quantitative estimate of drug-likeness (QED) is 0.437. The van der Waals surface area contributed by atoms with Gasteiger partial charge < -0.3 is 4.42 Å². The standard InChI is InChI=1S/C17H13N3OS/c1-11-10-22-17(19-11)20-18-9-12-5-4-7-14-13-6-2-3-8-15(13)21-16(12)14/h2-10H,1H3,(H,19,20). The Morgan fingerprint density at radius 2 is 2.00 bits per heavy atom. The Labute approximate surface area is 131 Å². The van der Waals surface area contributed by atoms with Crippen LogP contribution in [0.1, 0.15) is 11.3 Å². The monoisotopic (exact) mass is 307 g/mol. The van der Waals surface area contributed by atoms with E-state index >= 15 is 0 Å². The number of aromatic nitrogens is 1. The number of hydrogen-bond donors (Lipinski definition) is 1. The van der Waals surface area contributed by atoms with Crippen molar-refractivity contribution < 1.29 is 4.42 Å². The van der Waals surface area contributed by atoms with Gasteiger partial charge in [0, 0.05) is 21.7 Å². The summed E-state index contributed by atoms with van der Waals surface area (Å²) < 4.78 is 5.96. The third-order valence-corrected chi connectivity index (χ3v) is 4.28. The zero-order chi connectivity index (χ0) is 14.9. The van der Waals surface area contributed by atoms with Crippen molar-refractivity contribution in [2.75, 3.05) is 5.43 Å². The van der Waals surface area contributed by atoms with E-state index in [0.717, 1.165) is 38.3 Å². The molecule has 2 aromatic carbocycles. The molecule has 2 heterocycles. The summed E-state index contributed by atoms with van der Waals surface area (Å²) in [6.45, 7) is 1.96. The van der Waals surface area contributed by atoms with E-state index in [-0.39, 0.29) is 0 Å². The van der Waals surface area contributed by atoms with Gasteiger partial charge in [-0.15, -0.1) is 11.3 Å². The number of anilines is 1. The average molecular weight is 307 g/mol. The molecule has 0 radical (unpaired) electrons. The van der Waals surface area contributed by atoms with Crippen LogP contribution in [0.2, 0.25) is 0 Å². The van der Waals surface area contributed by atoms with Crippen molar-refractivity contribution in [3.63, 3.8) is 0 Å². The van der Waals surface area contributed by atoms with Crippen LogP contribution in [0.5, 0.6) is 0 Å². The summed E-state index contributed by atoms with van der Waals surface area (Å²) in [7, 11) is 0. The molecule has 5 heteroatoms. The van der Waals surface area contributed by atoms with Gasteiger partial charge in [0.1, 0.15) is 11.2 Å². The highest BCUT2D eigenvalue weighted by Gasteiger charge is 2.08. The number of aryl methyl sites for hydroxylation is 1. The molecule has 0 amide bonds.